The largest absolute Gasteiger partial charge is 0.492 e. The molecule has 1 fully saturated rings. The fourth-order valence-corrected chi connectivity index (χ4v) is 4.48. The zero-order valence-electron chi connectivity index (χ0n) is 19.0. The lowest BCUT2D eigenvalue weighted by Crippen LogP contribution is -2.47. The minimum absolute atomic E-state index is 0.141. The molecule has 1 saturated heterocycles. The van der Waals surface area contributed by atoms with Crippen LogP contribution in [0.25, 0.3) is 0 Å². The SMILES string of the molecule is Fc1ccc(C(CCCN2CCN(CCOc3ccccc3)CC2)c2ccc(F)cc2)cc1. The van der Waals surface area contributed by atoms with Gasteiger partial charge in [0.1, 0.15) is 24.0 Å². The van der Waals surface area contributed by atoms with Gasteiger partial charge < -0.3 is 9.64 Å². The summed E-state index contributed by atoms with van der Waals surface area (Å²) in [5, 5.41) is 0. The molecule has 0 atom stereocenters. The van der Waals surface area contributed by atoms with Crippen LogP contribution in [0.1, 0.15) is 29.9 Å². The van der Waals surface area contributed by atoms with Crippen molar-refractivity contribution in [2.75, 3.05) is 45.9 Å². The van der Waals surface area contributed by atoms with E-state index in [1.54, 1.807) is 0 Å². The Kier molecular flexibility index (Phi) is 8.45. The van der Waals surface area contributed by atoms with Crippen LogP contribution in [0.15, 0.2) is 78.9 Å². The molecule has 0 amide bonds. The van der Waals surface area contributed by atoms with E-state index in [0.717, 1.165) is 69.0 Å². The van der Waals surface area contributed by atoms with Crippen molar-refractivity contribution in [2.24, 2.45) is 0 Å². The van der Waals surface area contributed by atoms with Gasteiger partial charge in [0.15, 0.2) is 0 Å². The Labute approximate surface area is 195 Å². The Morgan fingerprint density at radius 1 is 0.667 bits per heavy atom. The predicted molar refractivity (Wildman–Crippen MR) is 129 cm³/mol. The number of hydrogen-bond donors (Lipinski definition) is 0. The van der Waals surface area contributed by atoms with Gasteiger partial charge in [-0.1, -0.05) is 42.5 Å². The number of para-hydroxylation sites is 1. The molecule has 1 aliphatic heterocycles. The van der Waals surface area contributed by atoms with E-state index < -0.39 is 0 Å². The number of nitrogens with zero attached hydrogens (tertiary/aromatic N) is 2. The summed E-state index contributed by atoms with van der Waals surface area (Å²) >= 11 is 0. The number of hydrogen-bond acceptors (Lipinski definition) is 3. The summed E-state index contributed by atoms with van der Waals surface area (Å²) in [5.41, 5.74) is 2.15. The van der Waals surface area contributed by atoms with E-state index in [0.29, 0.717) is 6.61 Å². The van der Waals surface area contributed by atoms with Gasteiger partial charge in [-0.3, -0.25) is 4.90 Å². The lowest BCUT2D eigenvalue weighted by atomic mass is 9.87. The average molecular weight is 451 g/mol. The van der Waals surface area contributed by atoms with E-state index in [1.807, 2.05) is 54.6 Å². The molecule has 0 aromatic heterocycles. The quantitative estimate of drug-likeness (QED) is 0.401. The van der Waals surface area contributed by atoms with Gasteiger partial charge in [0, 0.05) is 38.6 Å². The van der Waals surface area contributed by atoms with Gasteiger partial charge in [-0.15, -0.1) is 0 Å². The fourth-order valence-electron chi connectivity index (χ4n) is 4.48. The van der Waals surface area contributed by atoms with Gasteiger partial charge in [0.05, 0.1) is 0 Å². The summed E-state index contributed by atoms with van der Waals surface area (Å²) in [6, 6.07) is 23.4. The summed E-state index contributed by atoms with van der Waals surface area (Å²) in [5.74, 6) is 0.600. The maximum atomic E-state index is 13.4. The minimum Gasteiger partial charge on any atom is -0.492 e. The van der Waals surface area contributed by atoms with E-state index in [1.165, 1.54) is 24.3 Å². The van der Waals surface area contributed by atoms with Crippen LogP contribution in [0.3, 0.4) is 0 Å². The second-order valence-corrected chi connectivity index (χ2v) is 8.64. The first-order valence-corrected chi connectivity index (χ1v) is 11.8. The molecule has 33 heavy (non-hydrogen) atoms. The van der Waals surface area contributed by atoms with Gasteiger partial charge in [-0.05, 0) is 66.9 Å². The van der Waals surface area contributed by atoms with Gasteiger partial charge in [0.2, 0.25) is 0 Å². The third-order valence-electron chi connectivity index (χ3n) is 6.40. The van der Waals surface area contributed by atoms with Crippen LogP contribution in [-0.2, 0) is 0 Å². The second kappa shape index (κ2) is 11.9. The van der Waals surface area contributed by atoms with E-state index in [4.69, 9.17) is 4.74 Å². The molecule has 3 aromatic rings. The lowest BCUT2D eigenvalue weighted by molar-refractivity contribution is 0.115. The molecule has 3 aromatic carbocycles. The Bertz CT molecular complexity index is 910. The normalized spacial score (nSPS) is 15.1. The topological polar surface area (TPSA) is 15.7 Å². The summed E-state index contributed by atoms with van der Waals surface area (Å²) < 4.78 is 32.7. The van der Waals surface area contributed by atoms with Crippen LogP contribution in [0.5, 0.6) is 5.75 Å². The van der Waals surface area contributed by atoms with E-state index in [-0.39, 0.29) is 17.6 Å². The molecular formula is C28H32F2N2O. The van der Waals surface area contributed by atoms with Gasteiger partial charge >= 0.3 is 0 Å². The first kappa shape index (κ1) is 23.4. The van der Waals surface area contributed by atoms with Crippen LogP contribution >= 0.6 is 0 Å². The minimum atomic E-state index is -0.233. The molecule has 0 N–H and O–H groups in total. The molecule has 5 heteroatoms. The van der Waals surface area contributed by atoms with Crippen molar-refractivity contribution in [1.29, 1.82) is 0 Å². The molecule has 0 bridgehead atoms. The number of ether oxygens (including phenoxy) is 1. The van der Waals surface area contributed by atoms with Crippen LogP contribution in [0.4, 0.5) is 8.78 Å². The lowest BCUT2D eigenvalue weighted by Gasteiger charge is -2.34. The predicted octanol–water partition coefficient (Wildman–Crippen LogP) is 5.57. The van der Waals surface area contributed by atoms with Crippen molar-refractivity contribution >= 4 is 0 Å². The summed E-state index contributed by atoms with van der Waals surface area (Å²) in [6.07, 6.45) is 1.99. The van der Waals surface area contributed by atoms with Crippen LogP contribution in [0, 0.1) is 11.6 Å². The number of rotatable bonds is 10. The summed E-state index contributed by atoms with van der Waals surface area (Å²) in [7, 11) is 0. The van der Waals surface area contributed by atoms with Gasteiger partial charge in [-0.25, -0.2) is 8.78 Å². The van der Waals surface area contributed by atoms with Crippen molar-refractivity contribution in [3.63, 3.8) is 0 Å². The molecule has 174 valence electrons. The highest BCUT2D eigenvalue weighted by atomic mass is 19.1. The molecule has 1 heterocycles. The third-order valence-corrected chi connectivity index (χ3v) is 6.40. The molecule has 0 saturated carbocycles. The Balaban J connectivity index is 1.22. The number of halogens is 2. The first-order chi connectivity index (χ1) is 16.2. The molecule has 1 aliphatic rings. The standard InChI is InChI=1S/C28H32F2N2O/c29-25-12-8-23(9-13-25)28(24-10-14-26(30)15-11-24)7-4-16-31-17-19-32(20-18-31)21-22-33-27-5-2-1-3-6-27/h1-3,5-6,8-15,28H,4,7,16-22H2. The van der Waals surface area contributed by atoms with Crippen molar-refractivity contribution < 1.29 is 13.5 Å². The molecule has 0 unspecified atom stereocenters. The highest BCUT2D eigenvalue weighted by Gasteiger charge is 2.19. The summed E-state index contributed by atoms with van der Waals surface area (Å²) in [6.45, 7) is 6.91. The molecule has 0 radical (unpaired) electrons. The van der Waals surface area contributed by atoms with E-state index in [2.05, 4.69) is 9.80 Å². The van der Waals surface area contributed by atoms with Crippen LogP contribution in [0.2, 0.25) is 0 Å². The second-order valence-electron chi connectivity index (χ2n) is 8.64. The highest BCUT2D eigenvalue weighted by molar-refractivity contribution is 5.32. The Morgan fingerprint density at radius 3 is 1.73 bits per heavy atom. The van der Waals surface area contributed by atoms with Gasteiger partial charge in [-0.2, -0.15) is 0 Å². The Hall–Kier alpha value is -2.76. The maximum Gasteiger partial charge on any atom is 0.123 e. The van der Waals surface area contributed by atoms with Crippen LogP contribution in [-0.4, -0.2) is 55.7 Å². The van der Waals surface area contributed by atoms with Crippen molar-refractivity contribution in [2.45, 2.75) is 18.8 Å². The fraction of sp³-hybridized carbons (Fsp3) is 0.357. The molecular weight excluding hydrogens is 418 g/mol. The molecule has 3 nitrogen and oxygen atoms in total. The highest BCUT2D eigenvalue weighted by Crippen LogP contribution is 2.30. The van der Waals surface area contributed by atoms with Gasteiger partial charge in [0.25, 0.3) is 0 Å². The van der Waals surface area contributed by atoms with Crippen LogP contribution < -0.4 is 4.74 Å². The summed E-state index contributed by atoms with van der Waals surface area (Å²) in [4.78, 5) is 4.97. The van der Waals surface area contributed by atoms with E-state index >= 15 is 0 Å². The zero-order chi connectivity index (χ0) is 22.9. The average Bonchev–Trinajstić information content (AvgIpc) is 2.85. The van der Waals surface area contributed by atoms with Crippen molar-refractivity contribution in [3.05, 3.63) is 102 Å². The maximum absolute atomic E-state index is 13.4. The molecule has 0 aliphatic carbocycles. The van der Waals surface area contributed by atoms with Crippen molar-refractivity contribution in [1.82, 2.24) is 9.80 Å². The Morgan fingerprint density at radius 2 is 1.18 bits per heavy atom. The molecule has 4 rings (SSSR count). The number of benzene rings is 3. The third kappa shape index (κ3) is 7.11. The zero-order valence-corrected chi connectivity index (χ0v) is 19.0. The smallest absolute Gasteiger partial charge is 0.123 e. The first-order valence-electron chi connectivity index (χ1n) is 11.8. The van der Waals surface area contributed by atoms with E-state index in [9.17, 15) is 8.78 Å². The monoisotopic (exact) mass is 450 g/mol. The number of piperazine rings is 1. The van der Waals surface area contributed by atoms with Crippen molar-refractivity contribution in [3.8, 4) is 5.75 Å². The molecule has 0 spiro atoms.